The zero-order chi connectivity index (χ0) is 20.0. The molecule has 1 aromatic carbocycles. The number of aromatic nitrogens is 2. The normalized spacial score (nSPS) is 17.2. The number of hydrogen-bond donors (Lipinski definition) is 0. The van der Waals surface area contributed by atoms with Gasteiger partial charge in [-0.25, -0.2) is 9.97 Å². The van der Waals surface area contributed by atoms with E-state index in [1.807, 2.05) is 35.2 Å². The van der Waals surface area contributed by atoms with Crippen molar-refractivity contribution in [1.29, 1.82) is 0 Å². The molecule has 0 N–H and O–H groups in total. The minimum absolute atomic E-state index is 0.213. The topological polar surface area (TPSA) is 49.3 Å². The van der Waals surface area contributed by atoms with Crippen molar-refractivity contribution in [3.05, 3.63) is 52.2 Å². The fraction of sp³-hybridized carbons (Fsp3) is 0.435. The Morgan fingerprint density at radius 1 is 1.07 bits per heavy atom. The third-order valence-corrected chi connectivity index (χ3v) is 7.20. The fourth-order valence-electron chi connectivity index (χ4n) is 4.05. The van der Waals surface area contributed by atoms with Crippen LogP contribution in [0, 0.1) is 13.8 Å². The summed E-state index contributed by atoms with van der Waals surface area (Å²) >= 11 is 1.78. The minimum Gasteiger partial charge on any atom is -0.352 e. The zero-order valence-corrected chi connectivity index (χ0v) is 17.8. The van der Waals surface area contributed by atoms with E-state index in [4.69, 9.17) is 9.97 Å². The summed E-state index contributed by atoms with van der Waals surface area (Å²) < 4.78 is 0. The van der Waals surface area contributed by atoms with Crippen molar-refractivity contribution in [3.63, 3.8) is 0 Å². The second-order valence-corrected chi connectivity index (χ2v) is 9.38. The highest BCUT2D eigenvalue weighted by atomic mass is 32.1. The van der Waals surface area contributed by atoms with E-state index in [-0.39, 0.29) is 5.91 Å². The molecule has 2 fully saturated rings. The van der Waals surface area contributed by atoms with Crippen molar-refractivity contribution < 1.29 is 4.79 Å². The van der Waals surface area contributed by atoms with Gasteiger partial charge in [0.25, 0.3) is 0 Å². The number of nitrogens with zero attached hydrogens (tertiary/aromatic N) is 4. The van der Waals surface area contributed by atoms with E-state index < -0.39 is 0 Å². The highest BCUT2D eigenvalue weighted by Gasteiger charge is 2.30. The summed E-state index contributed by atoms with van der Waals surface area (Å²) in [7, 11) is 0. The van der Waals surface area contributed by atoms with Gasteiger partial charge in [0, 0.05) is 37.0 Å². The molecule has 6 heteroatoms. The summed E-state index contributed by atoms with van der Waals surface area (Å²) in [5.41, 5.74) is 2.38. The number of anilines is 1. The Bertz CT molecular complexity index is 1050. The van der Waals surface area contributed by atoms with E-state index in [2.05, 4.69) is 18.7 Å². The third kappa shape index (κ3) is 3.62. The summed E-state index contributed by atoms with van der Waals surface area (Å²) in [4.78, 5) is 29.4. The molecule has 150 valence electrons. The SMILES string of the molecule is Cc1sc2nc(C3CC3)nc(N3CCN(C(=O)Cc4ccccc4)CC3)c2c1C. The van der Waals surface area contributed by atoms with E-state index in [1.54, 1.807) is 11.3 Å². The first-order valence-electron chi connectivity index (χ1n) is 10.4. The van der Waals surface area contributed by atoms with E-state index in [9.17, 15) is 4.79 Å². The van der Waals surface area contributed by atoms with Crippen molar-refractivity contribution in [1.82, 2.24) is 14.9 Å². The Labute approximate surface area is 175 Å². The molecule has 1 aliphatic carbocycles. The molecule has 29 heavy (non-hydrogen) atoms. The van der Waals surface area contributed by atoms with Crippen LogP contribution < -0.4 is 4.90 Å². The van der Waals surface area contributed by atoms with Crippen LogP contribution in [0.25, 0.3) is 10.2 Å². The Kier molecular flexibility index (Phi) is 4.74. The lowest BCUT2D eigenvalue weighted by molar-refractivity contribution is -0.130. The second kappa shape index (κ2) is 7.41. The van der Waals surface area contributed by atoms with Crippen LogP contribution in [-0.4, -0.2) is 47.0 Å². The smallest absolute Gasteiger partial charge is 0.227 e. The van der Waals surface area contributed by atoms with Gasteiger partial charge in [-0.3, -0.25) is 4.79 Å². The van der Waals surface area contributed by atoms with Crippen LogP contribution in [-0.2, 0) is 11.2 Å². The van der Waals surface area contributed by atoms with Gasteiger partial charge in [0.05, 0.1) is 11.8 Å². The summed E-state index contributed by atoms with van der Waals surface area (Å²) in [6.45, 7) is 7.49. The van der Waals surface area contributed by atoms with Gasteiger partial charge in [0.15, 0.2) is 0 Å². The van der Waals surface area contributed by atoms with Crippen LogP contribution in [0.1, 0.15) is 40.6 Å². The molecule has 5 nitrogen and oxygen atoms in total. The van der Waals surface area contributed by atoms with Gasteiger partial charge in [-0.2, -0.15) is 0 Å². The molecule has 0 spiro atoms. The highest BCUT2D eigenvalue weighted by Crippen LogP contribution is 2.42. The molecular weight excluding hydrogens is 380 g/mol. The van der Waals surface area contributed by atoms with Gasteiger partial charge in [-0.05, 0) is 37.8 Å². The summed E-state index contributed by atoms with van der Waals surface area (Å²) in [6.07, 6.45) is 2.89. The van der Waals surface area contributed by atoms with Crippen LogP contribution in [0.4, 0.5) is 5.82 Å². The first-order chi connectivity index (χ1) is 14.1. The van der Waals surface area contributed by atoms with Crippen LogP contribution in [0.3, 0.4) is 0 Å². The largest absolute Gasteiger partial charge is 0.352 e. The molecule has 1 saturated carbocycles. The molecule has 1 aliphatic heterocycles. The lowest BCUT2D eigenvalue weighted by atomic mass is 10.1. The van der Waals surface area contributed by atoms with E-state index in [1.165, 1.54) is 28.7 Å². The zero-order valence-electron chi connectivity index (χ0n) is 17.0. The molecule has 0 bridgehead atoms. The van der Waals surface area contributed by atoms with Crippen LogP contribution in [0.5, 0.6) is 0 Å². The Balaban J connectivity index is 1.35. The lowest BCUT2D eigenvalue weighted by Crippen LogP contribution is -2.49. The number of thiophene rings is 1. The summed E-state index contributed by atoms with van der Waals surface area (Å²) in [5.74, 6) is 2.84. The van der Waals surface area contributed by atoms with Crippen LogP contribution >= 0.6 is 11.3 Å². The number of carbonyl (C=O) groups excluding carboxylic acids is 1. The second-order valence-electron chi connectivity index (χ2n) is 8.17. The molecule has 1 saturated heterocycles. The van der Waals surface area contributed by atoms with Crippen molar-refractivity contribution >= 4 is 33.3 Å². The van der Waals surface area contributed by atoms with Gasteiger partial charge in [0.2, 0.25) is 5.91 Å². The number of fused-ring (bicyclic) bond motifs is 1. The predicted octanol–water partition coefficient (Wildman–Crippen LogP) is 4.08. The lowest BCUT2D eigenvalue weighted by Gasteiger charge is -2.36. The average Bonchev–Trinajstić information content (AvgIpc) is 3.55. The molecule has 2 aliphatic rings. The van der Waals surface area contributed by atoms with E-state index >= 15 is 0 Å². The minimum atomic E-state index is 0.213. The number of piperazine rings is 1. The van der Waals surface area contributed by atoms with Gasteiger partial charge in [0.1, 0.15) is 16.5 Å². The maximum absolute atomic E-state index is 12.7. The van der Waals surface area contributed by atoms with Crippen LogP contribution in [0.15, 0.2) is 30.3 Å². The van der Waals surface area contributed by atoms with Crippen molar-refractivity contribution in [2.75, 3.05) is 31.1 Å². The number of rotatable bonds is 4. The van der Waals surface area contributed by atoms with Gasteiger partial charge >= 0.3 is 0 Å². The predicted molar refractivity (Wildman–Crippen MR) is 118 cm³/mol. The fourth-order valence-corrected chi connectivity index (χ4v) is 5.08. The van der Waals surface area contributed by atoms with Crippen LogP contribution in [0.2, 0.25) is 0 Å². The molecular formula is C23H26N4OS. The number of benzene rings is 1. The van der Waals surface area contributed by atoms with Gasteiger partial charge in [-0.1, -0.05) is 30.3 Å². The molecule has 0 unspecified atom stereocenters. The maximum atomic E-state index is 12.7. The molecule has 0 radical (unpaired) electrons. The maximum Gasteiger partial charge on any atom is 0.227 e. The number of amides is 1. The first-order valence-corrected chi connectivity index (χ1v) is 11.3. The molecule has 3 aromatic rings. The highest BCUT2D eigenvalue weighted by molar-refractivity contribution is 7.18. The standard InChI is InChI=1S/C23H26N4OS/c1-15-16(2)29-23-20(15)22(24-21(25-23)18-8-9-18)27-12-10-26(11-13-27)19(28)14-17-6-4-3-5-7-17/h3-7,18H,8-14H2,1-2H3. The quantitative estimate of drug-likeness (QED) is 0.655. The monoisotopic (exact) mass is 406 g/mol. The molecule has 0 atom stereocenters. The van der Waals surface area contributed by atoms with Crippen molar-refractivity contribution in [2.45, 2.75) is 39.0 Å². The molecule has 3 heterocycles. The van der Waals surface area contributed by atoms with E-state index in [0.717, 1.165) is 48.2 Å². The van der Waals surface area contributed by atoms with E-state index in [0.29, 0.717) is 12.3 Å². The Hall–Kier alpha value is -2.47. The Morgan fingerprint density at radius 2 is 1.79 bits per heavy atom. The molecule has 5 rings (SSSR count). The summed E-state index contributed by atoms with van der Waals surface area (Å²) in [6, 6.07) is 10.0. The number of hydrogen-bond acceptors (Lipinski definition) is 5. The van der Waals surface area contributed by atoms with Crippen molar-refractivity contribution in [3.8, 4) is 0 Å². The number of carbonyl (C=O) groups is 1. The summed E-state index contributed by atoms with van der Waals surface area (Å²) in [5, 5.41) is 1.21. The first kappa shape index (κ1) is 18.6. The third-order valence-electron chi connectivity index (χ3n) is 6.10. The van der Waals surface area contributed by atoms with Gasteiger partial charge in [-0.15, -0.1) is 11.3 Å². The van der Waals surface area contributed by atoms with Crippen molar-refractivity contribution in [2.24, 2.45) is 0 Å². The average molecular weight is 407 g/mol. The van der Waals surface area contributed by atoms with Gasteiger partial charge < -0.3 is 9.80 Å². The molecule has 1 amide bonds. The number of aryl methyl sites for hydroxylation is 2. The Morgan fingerprint density at radius 3 is 2.48 bits per heavy atom. The molecule has 2 aromatic heterocycles.